The zero-order chi connectivity index (χ0) is 23.6. The van der Waals surface area contributed by atoms with Gasteiger partial charge in [0.05, 0.1) is 4.90 Å². The van der Waals surface area contributed by atoms with Crippen molar-refractivity contribution in [1.29, 1.82) is 0 Å². The average Bonchev–Trinajstić information content (AvgIpc) is 3.34. The van der Waals surface area contributed by atoms with Gasteiger partial charge >= 0.3 is 5.97 Å². The van der Waals surface area contributed by atoms with Crippen LogP contribution >= 0.6 is 0 Å². The van der Waals surface area contributed by atoms with E-state index in [1.807, 2.05) is 0 Å². The van der Waals surface area contributed by atoms with Crippen molar-refractivity contribution in [2.24, 2.45) is 0 Å². The van der Waals surface area contributed by atoms with E-state index in [-0.39, 0.29) is 23.4 Å². The van der Waals surface area contributed by atoms with Gasteiger partial charge in [0.1, 0.15) is 19.3 Å². The highest BCUT2D eigenvalue weighted by atomic mass is 32.2. The van der Waals surface area contributed by atoms with Gasteiger partial charge < -0.3 is 19.1 Å². The van der Waals surface area contributed by atoms with Crippen molar-refractivity contribution in [3.8, 4) is 11.5 Å². The molecule has 0 N–H and O–H groups in total. The van der Waals surface area contributed by atoms with Gasteiger partial charge in [0.25, 0.3) is 5.91 Å². The van der Waals surface area contributed by atoms with Gasteiger partial charge in [-0.3, -0.25) is 9.59 Å². The van der Waals surface area contributed by atoms with Gasteiger partial charge in [0.2, 0.25) is 10.0 Å². The van der Waals surface area contributed by atoms with Crippen LogP contribution in [0.5, 0.6) is 11.5 Å². The molecule has 1 aromatic carbocycles. The molecule has 2 atom stereocenters. The summed E-state index contributed by atoms with van der Waals surface area (Å²) in [6.07, 6.45) is 5.18. The molecular weight excluding hydrogens is 448 g/mol. The number of likely N-dealkylation sites (N-methyl/N-ethyl adjacent to an activating group) is 1. The van der Waals surface area contributed by atoms with Crippen molar-refractivity contribution >= 4 is 21.9 Å². The van der Waals surface area contributed by atoms with Crippen LogP contribution in [0.3, 0.4) is 0 Å². The number of carbonyl (C=O) groups excluding carboxylic acids is 2. The Hall–Kier alpha value is -2.33. The first-order chi connectivity index (χ1) is 15.8. The lowest BCUT2D eigenvalue weighted by Crippen LogP contribution is -2.47. The number of fused-ring (bicyclic) bond motifs is 1. The molecule has 3 aliphatic rings. The summed E-state index contributed by atoms with van der Waals surface area (Å²) in [6.45, 7) is 2.51. The zero-order valence-corrected chi connectivity index (χ0v) is 20.0. The highest BCUT2D eigenvalue weighted by Gasteiger charge is 2.42. The van der Waals surface area contributed by atoms with Gasteiger partial charge in [-0.15, -0.1) is 0 Å². The molecule has 1 amide bonds. The van der Waals surface area contributed by atoms with Gasteiger partial charge in [-0.2, -0.15) is 4.31 Å². The molecule has 33 heavy (non-hydrogen) atoms. The van der Waals surface area contributed by atoms with Gasteiger partial charge in [-0.05, 0) is 44.7 Å². The van der Waals surface area contributed by atoms with Gasteiger partial charge in [-0.1, -0.05) is 19.3 Å². The van der Waals surface area contributed by atoms with Crippen molar-refractivity contribution in [3.05, 3.63) is 18.2 Å². The number of hydrogen-bond donors (Lipinski definition) is 0. The Morgan fingerprint density at radius 1 is 1.06 bits per heavy atom. The molecule has 0 radical (unpaired) electrons. The number of benzene rings is 1. The summed E-state index contributed by atoms with van der Waals surface area (Å²) in [5.41, 5.74) is 0. The predicted molar refractivity (Wildman–Crippen MR) is 120 cm³/mol. The quantitative estimate of drug-likeness (QED) is 0.576. The molecule has 1 aliphatic carbocycles. The Bertz CT molecular complexity index is 991. The summed E-state index contributed by atoms with van der Waals surface area (Å²) < 4.78 is 44.2. The fraction of sp³-hybridized carbons (Fsp3) is 0.652. The number of carbonyl (C=O) groups is 2. The van der Waals surface area contributed by atoms with Crippen LogP contribution in [0.4, 0.5) is 0 Å². The van der Waals surface area contributed by atoms with Crippen LogP contribution in [0.25, 0.3) is 0 Å². The fourth-order valence-electron chi connectivity index (χ4n) is 4.82. The van der Waals surface area contributed by atoms with Crippen molar-refractivity contribution in [1.82, 2.24) is 9.21 Å². The number of ether oxygens (including phenoxy) is 3. The molecule has 10 heteroatoms. The van der Waals surface area contributed by atoms with E-state index in [2.05, 4.69) is 0 Å². The lowest BCUT2D eigenvalue weighted by molar-refractivity contribution is -0.162. The minimum absolute atomic E-state index is 0.0348. The Balaban J connectivity index is 1.44. The molecule has 0 bridgehead atoms. The average molecular weight is 481 g/mol. The van der Waals surface area contributed by atoms with Crippen LogP contribution < -0.4 is 9.47 Å². The van der Waals surface area contributed by atoms with Crippen LogP contribution in [0, 0.1) is 0 Å². The third-order valence-electron chi connectivity index (χ3n) is 6.71. The maximum atomic E-state index is 13.3. The van der Waals surface area contributed by atoms with Crippen LogP contribution in [0.15, 0.2) is 23.1 Å². The fourth-order valence-corrected chi connectivity index (χ4v) is 6.48. The Labute approximate surface area is 195 Å². The summed E-state index contributed by atoms with van der Waals surface area (Å²) in [6, 6.07) is 3.64. The molecule has 1 saturated carbocycles. The standard InChI is InChI=1S/C23H32N2O7S/c1-16(22(26)24(2)17-7-4-3-5-8-17)32-23(27)19-9-6-12-25(19)33(28,29)18-10-11-20-21(15-18)31-14-13-30-20/h10-11,15-17,19H,3-9,12-14H2,1-2H3/t16-,19-/m0/s1. The second-order valence-corrected chi connectivity index (χ2v) is 10.8. The lowest BCUT2D eigenvalue weighted by Gasteiger charge is -2.33. The van der Waals surface area contributed by atoms with Gasteiger partial charge in [0.15, 0.2) is 17.6 Å². The van der Waals surface area contributed by atoms with Crippen molar-refractivity contribution in [2.45, 2.75) is 75.0 Å². The van der Waals surface area contributed by atoms with Crippen molar-refractivity contribution in [2.75, 3.05) is 26.8 Å². The minimum Gasteiger partial charge on any atom is -0.486 e. The first-order valence-corrected chi connectivity index (χ1v) is 13.1. The van der Waals surface area contributed by atoms with E-state index in [9.17, 15) is 18.0 Å². The number of rotatable bonds is 6. The molecule has 2 fully saturated rings. The summed E-state index contributed by atoms with van der Waals surface area (Å²) in [4.78, 5) is 27.5. The first-order valence-electron chi connectivity index (χ1n) is 11.7. The zero-order valence-electron chi connectivity index (χ0n) is 19.2. The number of esters is 1. The normalized spacial score (nSPS) is 22.5. The van der Waals surface area contributed by atoms with Crippen LogP contribution in [-0.2, 0) is 24.3 Å². The summed E-state index contributed by atoms with van der Waals surface area (Å²) >= 11 is 0. The molecule has 4 rings (SSSR count). The number of amides is 1. The molecule has 2 aliphatic heterocycles. The van der Waals surface area contributed by atoms with E-state index >= 15 is 0 Å². The first kappa shape index (κ1) is 23.8. The number of hydrogen-bond acceptors (Lipinski definition) is 7. The molecule has 0 spiro atoms. The maximum Gasteiger partial charge on any atom is 0.325 e. The summed E-state index contributed by atoms with van der Waals surface area (Å²) in [5.74, 6) is -0.0846. The van der Waals surface area contributed by atoms with Crippen LogP contribution in [0.2, 0.25) is 0 Å². The van der Waals surface area contributed by atoms with Crippen LogP contribution in [-0.4, -0.2) is 74.5 Å². The van der Waals surface area contributed by atoms with Crippen molar-refractivity contribution in [3.63, 3.8) is 0 Å². The topological polar surface area (TPSA) is 102 Å². The molecule has 9 nitrogen and oxygen atoms in total. The maximum absolute atomic E-state index is 13.3. The van der Waals surface area contributed by atoms with Crippen molar-refractivity contribution < 1.29 is 32.2 Å². The Morgan fingerprint density at radius 2 is 1.76 bits per heavy atom. The predicted octanol–water partition coefficient (Wildman–Crippen LogP) is 2.33. The second-order valence-electron chi connectivity index (χ2n) is 8.90. The van der Waals surface area contributed by atoms with E-state index in [4.69, 9.17) is 14.2 Å². The monoisotopic (exact) mass is 480 g/mol. The highest BCUT2D eigenvalue weighted by molar-refractivity contribution is 7.89. The van der Waals surface area contributed by atoms with Gasteiger partial charge in [-0.25, -0.2) is 8.42 Å². The molecule has 1 saturated heterocycles. The second kappa shape index (κ2) is 9.89. The van der Waals surface area contributed by atoms with E-state index in [0.717, 1.165) is 25.7 Å². The third kappa shape index (κ3) is 4.96. The lowest BCUT2D eigenvalue weighted by atomic mass is 9.94. The van der Waals surface area contributed by atoms with E-state index in [1.165, 1.54) is 22.9 Å². The Morgan fingerprint density at radius 3 is 2.48 bits per heavy atom. The Kier molecular flexibility index (Phi) is 7.13. The smallest absolute Gasteiger partial charge is 0.325 e. The number of nitrogens with zero attached hydrogens (tertiary/aromatic N) is 2. The molecule has 0 aromatic heterocycles. The van der Waals surface area contributed by atoms with E-state index in [0.29, 0.717) is 37.6 Å². The van der Waals surface area contributed by atoms with Gasteiger partial charge in [0, 0.05) is 25.7 Å². The molecule has 1 aromatic rings. The number of sulfonamides is 1. The molecular formula is C23H32N2O7S. The highest BCUT2D eigenvalue weighted by Crippen LogP contribution is 2.35. The molecule has 0 unspecified atom stereocenters. The van der Waals surface area contributed by atoms with E-state index in [1.54, 1.807) is 24.9 Å². The van der Waals surface area contributed by atoms with Crippen LogP contribution in [0.1, 0.15) is 51.9 Å². The SMILES string of the molecule is C[C@H](OC(=O)[C@@H]1CCCN1S(=O)(=O)c1ccc2c(c1)OCCO2)C(=O)N(C)C1CCCCC1. The third-order valence-corrected chi connectivity index (χ3v) is 8.61. The molecule has 182 valence electrons. The van der Waals surface area contributed by atoms with E-state index < -0.39 is 28.1 Å². The summed E-state index contributed by atoms with van der Waals surface area (Å²) in [5, 5.41) is 0. The minimum atomic E-state index is -3.95. The summed E-state index contributed by atoms with van der Waals surface area (Å²) in [7, 11) is -2.21. The largest absolute Gasteiger partial charge is 0.486 e. The molecule has 2 heterocycles.